The summed E-state index contributed by atoms with van der Waals surface area (Å²) >= 11 is 7.73. The first-order chi connectivity index (χ1) is 11.1. The quantitative estimate of drug-likeness (QED) is 0.877. The molecular weight excluding hydrogens is 330 g/mol. The molecule has 0 spiro atoms. The minimum absolute atomic E-state index is 0.0795. The van der Waals surface area contributed by atoms with Gasteiger partial charge in [0.1, 0.15) is 0 Å². The molecule has 0 bridgehead atoms. The molecule has 1 saturated heterocycles. The van der Waals surface area contributed by atoms with Gasteiger partial charge in [0.05, 0.1) is 16.3 Å². The van der Waals surface area contributed by atoms with E-state index in [4.69, 9.17) is 11.6 Å². The molecule has 2 heterocycles. The number of carboxylic acid groups (broad SMARTS) is 1. The second-order valence-corrected chi connectivity index (χ2v) is 7.82. The van der Waals surface area contributed by atoms with E-state index >= 15 is 0 Å². The van der Waals surface area contributed by atoms with E-state index < -0.39 is 5.97 Å². The minimum Gasteiger partial charge on any atom is -0.481 e. The molecule has 0 saturated carbocycles. The largest absolute Gasteiger partial charge is 0.481 e. The summed E-state index contributed by atoms with van der Waals surface area (Å²) in [5, 5.41) is 9.39. The molecule has 1 N–H and O–H groups in total. The van der Waals surface area contributed by atoms with Gasteiger partial charge in [-0.25, -0.2) is 0 Å². The number of rotatable bonds is 4. The third-order valence-corrected chi connectivity index (χ3v) is 5.80. The van der Waals surface area contributed by atoms with Crippen LogP contribution in [0.15, 0.2) is 36.4 Å². The average molecular weight is 350 g/mol. The van der Waals surface area contributed by atoms with E-state index in [0.717, 1.165) is 23.7 Å². The van der Waals surface area contributed by atoms with Gasteiger partial charge in [-0.15, -0.1) is 11.3 Å². The van der Waals surface area contributed by atoms with Crippen LogP contribution in [-0.2, 0) is 4.79 Å². The van der Waals surface area contributed by atoms with Crippen molar-refractivity contribution < 1.29 is 9.90 Å². The second-order valence-electron chi connectivity index (χ2n) is 6.07. The Morgan fingerprint density at radius 1 is 1.35 bits per heavy atom. The van der Waals surface area contributed by atoms with Gasteiger partial charge in [0.15, 0.2) is 0 Å². The summed E-state index contributed by atoms with van der Waals surface area (Å²) in [4.78, 5) is 14.9. The zero-order valence-corrected chi connectivity index (χ0v) is 14.6. The molecule has 0 radical (unpaired) electrons. The zero-order chi connectivity index (χ0) is 16.4. The number of carboxylic acids is 1. The molecule has 1 aromatic carbocycles. The van der Waals surface area contributed by atoms with Crippen LogP contribution in [0.5, 0.6) is 0 Å². The van der Waals surface area contributed by atoms with Gasteiger partial charge in [-0.3, -0.25) is 9.69 Å². The van der Waals surface area contributed by atoms with Crippen LogP contribution in [-0.4, -0.2) is 29.1 Å². The Labute approximate surface area is 145 Å². The fraction of sp³-hybridized carbons (Fsp3) is 0.389. The lowest BCUT2D eigenvalue weighted by atomic mass is 9.92. The average Bonchev–Trinajstić information content (AvgIpc) is 2.96. The topological polar surface area (TPSA) is 40.5 Å². The molecule has 1 aromatic heterocycles. The number of aryl methyl sites for hydroxylation is 1. The summed E-state index contributed by atoms with van der Waals surface area (Å²) < 4.78 is 0.769. The maximum absolute atomic E-state index is 11.4. The van der Waals surface area contributed by atoms with Crippen molar-refractivity contribution in [1.82, 2.24) is 4.90 Å². The lowest BCUT2D eigenvalue weighted by Crippen LogP contribution is -2.41. The standard InChI is InChI=1S/C18H20ClNO2S/c1-12-5-2-3-7-14(12)17(15-8-9-16(19)23-15)20-10-4-6-13(11-20)18(21)22/h2-3,5,7-9,13,17H,4,6,10-11H2,1H3,(H,21,22). The van der Waals surface area contributed by atoms with E-state index in [-0.39, 0.29) is 12.0 Å². The summed E-state index contributed by atoms with van der Waals surface area (Å²) in [5.74, 6) is -0.979. The molecule has 2 atom stereocenters. The Hall–Kier alpha value is -1.36. The lowest BCUT2D eigenvalue weighted by Gasteiger charge is -2.37. The van der Waals surface area contributed by atoms with Gasteiger partial charge in [0.2, 0.25) is 0 Å². The maximum atomic E-state index is 11.4. The highest BCUT2D eigenvalue weighted by Gasteiger charge is 2.32. The van der Waals surface area contributed by atoms with E-state index in [2.05, 4.69) is 30.0 Å². The number of benzene rings is 1. The maximum Gasteiger partial charge on any atom is 0.307 e. The van der Waals surface area contributed by atoms with Crippen molar-refractivity contribution >= 4 is 28.9 Å². The van der Waals surface area contributed by atoms with Gasteiger partial charge >= 0.3 is 5.97 Å². The highest BCUT2D eigenvalue weighted by molar-refractivity contribution is 7.16. The van der Waals surface area contributed by atoms with Crippen molar-refractivity contribution in [3.05, 3.63) is 56.7 Å². The van der Waals surface area contributed by atoms with Crippen LogP contribution < -0.4 is 0 Å². The number of hydrogen-bond acceptors (Lipinski definition) is 3. The first kappa shape index (κ1) is 16.5. The molecule has 3 nitrogen and oxygen atoms in total. The molecule has 23 heavy (non-hydrogen) atoms. The number of carbonyl (C=O) groups is 1. The number of thiophene rings is 1. The van der Waals surface area contributed by atoms with Crippen molar-refractivity contribution in [3.63, 3.8) is 0 Å². The molecule has 0 aliphatic carbocycles. The van der Waals surface area contributed by atoms with Crippen molar-refractivity contribution in [3.8, 4) is 0 Å². The Bertz CT molecular complexity index is 700. The van der Waals surface area contributed by atoms with Gasteiger partial charge in [0.25, 0.3) is 0 Å². The number of likely N-dealkylation sites (tertiary alicyclic amines) is 1. The van der Waals surface area contributed by atoms with Crippen LogP contribution in [0.2, 0.25) is 4.34 Å². The van der Waals surface area contributed by atoms with E-state index in [0.29, 0.717) is 6.54 Å². The van der Waals surface area contributed by atoms with Crippen LogP contribution in [0.1, 0.15) is 34.9 Å². The molecule has 122 valence electrons. The van der Waals surface area contributed by atoms with Crippen molar-refractivity contribution in [1.29, 1.82) is 0 Å². The van der Waals surface area contributed by atoms with E-state index in [1.54, 1.807) is 11.3 Å². The van der Waals surface area contributed by atoms with Gasteiger partial charge in [-0.05, 0) is 49.6 Å². The molecule has 1 aliphatic heterocycles. The number of hydrogen-bond donors (Lipinski definition) is 1. The molecule has 3 rings (SSSR count). The van der Waals surface area contributed by atoms with Crippen LogP contribution in [0.3, 0.4) is 0 Å². The zero-order valence-electron chi connectivity index (χ0n) is 13.0. The number of piperidine rings is 1. The van der Waals surface area contributed by atoms with Crippen LogP contribution in [0.4, 0.5) is 0 Å². The number of halogens is 1. The number of nitrogens with zero attached hydrogens (tertiary/aromatic N) is 1. The predicted molar refractivity (Wildman–Crippen MR) is 94.3 cm³/mol. The summed E-state index contributed by atoms with van der Waals surface area (Å²) in [7, 11) is 0. The highest BCUT2D eigenvalue weighted by atomic mass is 35.5. The summed E-state index contributed by atoms with van der Waals surface area (Å²) in [5.41, 5.74) is 2.46. The van der Waals surface area contributed by atoms with Crippen LogP contribution in [0.25, 0.3) is 0 Å². The third-order valence-electron chi connectivity index (χ3n) is 4.51. The highest BCUT2D eigenvalue weighted by Crippen LogP contribution is 2.38. The summed E-state index contributed by atoms with van der Waals surface area (Å²) in [6, 6.07) is 12.4. The molecule has 2 unspecified atom stereocenters. The smallest absolute Gasteiger partial charge is 0.307 e. The number of aliphatic carboxylic acids is 1. The Morgan fingerprint density at radius 2 is 2.13 bits per heavy atom. The summed E-state index contributed by atoms with van der Waals surface area (Å²) in [6.07, 6.45) is 1.68. The van der Waals surface area contributed by atoms with E-state index in [1.165, 1.54) is 16.0 Å². The van der Waals surface area contributed by atoms with Gasteiger partial charge in [-0.2, -0.15) is 0 Å². The third kappa shape index (κ3) is 3.60. The minimum atomic E-state index is -0.692. The Kier molecular flexibility index (Phi) is 5.05. The van der Waals surface area contributed by atoms with Crippen molar-refractivity contribution in [2.24, 2.45) is 5.92 Å². The van der Waals surface area contributed by atoms with Gasteiger partial charge in [-0.1, -0.05) is 35.9 Å². The molecule has 0 amide bonds. The lowest BCUT2D eigenvalue weighted by molar-refractivity contribution is -0.143. The second kappa shape index (κ2) is 7.04. The van der Waals surface area contributed by atoms with Crippen molar-refractivity contribution in [2.45, 2.75) is 25.8 Å². The fourth-order valence-corrected chi connectivity index (χ4v) is 4.56. The molecule has 1 aliphatic rings. The molecule has 5 heteroatoms. The fourth-order valence-electron chi connectivity index (χ4n) is 3.34. The first-order valence-corrected chi connectivity index (χ1v) is 9.03. The predicted octanol–water partition coefficient (Wildman–Crippen LogP) is 4.60. The molecule has 2 aromatic rings. The normalized spacial score (nSPS) is 20.3. The first-order valence-electron chi connectivity index (χ1n) is 7.84. The van der Waals surface area contributed by atoms with Crippen LogP contribution >= 0.6 is 22.9 Å². The van der Waals surface area contributed by atoms with E-state index in [1.807, 2.05) is 18.2 Å². The SMILES string of the molecule is Cc1ccccc1C(c1ccc(Cl)s1)N1CCCC(C(=O)O)C1. The van der Waals surface area contributed by atoms with Crippen molar-refractivity contribution in [2.75, 3.05) is 13.1 Å². The Balaban J connectivity index is 1.98. The molecular formula is C18H20ClNO2S. The van der Waals surface area contributed by atoms with Gasteiger partial charge < -0.3 is 5.11 Å². The Morgan fingerprint density at radius 3 is 2.78 bits per heavy atom. The van der Waals surface area contributed by atoms with Crippen LogP contribution in [0, 0.1) is 12.8 Å². The van der Waals surface area contributed by atoms with E-state index in [9.17, 15) is 9.90 Å². The van der Waals surface area contributed by atoms with Gasteiger partial charge in [0, 0.05) is 11.4 Å². The monoisotopic (exact) mass is 349 g/mol. The summed E-state index contributed by atoms with van der Waals surface area (Å²) in [6.45, 7) is 3.61. The molecule has 1 fully saturated rings.